The fourth-order valence-corrected chi connectivity index (χ4v) is 3.38. The molecular weight excluding hydrogens is 408 g/mol. The van der Waals surface area contributed by atoms with E-state index in [0.717, 1.165) is 17.1 Å². The first kappa shape index (κ1) is 23.1. The Labute approximate surface area is 181 Å². The van der Waals surface area contributed by atoms with Crippen LogP contribution in [0.3, 0.4) is 0 Å². The van der Waals surface area contributed by atoms with Gasteiger partial charge in [0, 0.05) is 6.54 Å². The quantitative estimate of drug-likeness (QED) is 0.523. The number of halogens is 1. The summed E-state index contributed by atoms with van der Waals surface area (Å²) in [6, 6.07) is 14.0. The van der Waals surface area contributed by atoms with E-state index < -0.39 is 6.04 Å². The molecule has 1 unspecified atom stereocenters. The predicted octanol–water partition coefficient (Wildman–Crippen LogP) is 4.09. The number of carbonyl (C=O) groups excluding carboxylic acids is 2. The van der Waals surface area contributed by atoms with Gasteiger partial charge in [0.05, 0.1) is 17.2 Å². The van der Waals surface area contributed by atoms with E-state index in [4.69, 9.17) is 16.3 Å². The summed E-state index contributed by atoms with van der Waals surface area (Å²) in [5, 5.41) is 6.05. The molecule has 0 aliphatic carbocycles. The largest absolute Gasteiger partial charge is 0.494 e. The van der Waals surface area contributed by atoms with E-state index >= 15 is 0 Å². The number of hydrogen-bond donors (Lipinski definition) is 2. The first-order valence-electron chi connectivity index (χ1n) is 9.52. The molecule has 5 nitrogen and oxygen atoms in total. The van der Waals surface area contributed by atoms with Crippen LogP contribution < -0.4 is 15.4 Å². The SMILES string of the molecule is CSCCC(NC(=O)c1ccccc1Cl)C(=O)NCCCOc1cccc(C)c1. The summed E-state index contributed by atoms with van der Waals surface area (Å²) < 4.78 is 5.69. The third-order valence-electron chi connectivity index (χ3n) is 4.23. The zero-order chi connectivity index (χ0) is 21.1. The topological polar surface area (TPSA) is 67.4 Å². The van der Waals surface area contributed by atoms with Gasteiger partial charge in [0.1, 0.15) is 11.8 Å². The highest BCUT2D eigenvalue weighted by atomic mass is 35.5. The summed E-state index contributed by atoms with van der Waals surface area (Å²) in [6.07, 6.45) is 3.18. The molecule has 0 aromatic heterocycles. The molecule has 1 atom stereocenters. The van der Waals surface area contributed by atoms with Crippen LogP contribution in [0.5, 0.6) is 5.75 Å². The highest BCUT2D eigenvalue weighted by Gasteiger charge is 2.21. The molecular formula is C22H27ClN2O3S. The van der Waals surface area contributed by atoms with E-state index in [-0.39, 0.29) is 11.8 Å². The summed E-state index contributed by atoms with van der Waals surface area (Å²) >= 11 is 7.71. The molecule has 0 saturated carbocycles. The molecule has 2 N–H and O–H groups in total. The lowest BCUT2D eigenvalue weighted by Crippen LogP contribution is -2.47. The van der Waals surface area contributed by atoms with E-state index in [1.54, 1.807) is 36.0 Å². The van der Waals surface area contributed by atoms with Gasteiger partial charge in [0.2, 0.25) is 5.91 Å². The number of nitrogens with one attached hydrogen (secondary N) is 2. The lowest BCUT2D eigenvalue weighted by Gasteiger charge is -2.18. The van der Waals surface area contributed by atoms with Gasteiger partial charge < -0.3 is 15.4 Å². The molecule has 0 fully saturated rings. The van der Waals surface area contributed by atoms with Crippen molar-refractivity contribution >= 4 is 35.2 Å². The molecule has 0 bridgehead atoms. The fourth-order valence-electron chi connectivity index (χ4n) is 2.69. The van der Waals surface area contributed by atoms with Gasteiger partial charge in [-0.2, -0.15) is 11.8 Å². The molecule has 2 aromatic carbocycles. The summed E-state index contributed by atoms with van der Waals surface area (Å²) in [5.74, 6) is 1.04. The lowest BCUT2D eigenvalue weighted by atomic mass is 10.1. The maximum Gasteiger partial charge on any atom is 0.253 e. The minimum atomic E-state index is -0.607. The van der Waals surface area contributed by atoms with Crippen molar-refractivity contribution in [2.45, 2.75) is 25.8 Å². The number of hydrogen-bond acceptors (Lipinski definition) is 4. The minimum absolute atomic E-state index is 0.199. The maximum atomic E-state index is 12.6. The molecule has 0 radical (unpaired) electrons. The number of rotatable bonds is 11. The van der Waals surface area contributed by atoms with Crippen LogP contribution in [0.2, 0.25) is 5.02 Å². The Balaban J connectivity index is 1.81. The van der Waals surface area contributed by atoms with Crippen LogP contribution in [-0.2, 0) is 4.79 Å². The van der Waals surface area contributed by atoms with E-state index in [2.05, 4.69) is 10.6 Å². The predicted molar refractivity (Wildman–Crippen MR) is 120 cm³/mol. The Bertz CT molecular complexity index is 816. The Hall–Kier alpha value is -2.18. The van der Waals surface area contributed by atoms with E-state index in [1.165, 1.54) is 0 Å². The van der Waals surface area contributed by atoms with Crippen LogP contribution in [-0.4, -0.2) is 43.0 Å². The van der Waals surface area contributed by atoms with E-state index in [1.807, 2.05) is 37.4 Å². The standard InChI is InChI=1S/C22H27ClN2O3S/c1-16-7-5-8-17(15-16)28-13-6-12-24-22(27)20(11-14-29-2)25-21(26)18-9-3-4-10-19(18)23/h3-5,7-10,15,20H,6,11-14H2,1-2H3,(H,24,27)(H,25,26). The molecule has 0 aliphatic heterocycles. The van der Waals surface area contributed by atoms with Crippen molar-refractivity contribution in [3.8, 4) is 5.75 Å². The average Bonchev–Trinajstić information content (AvgIpc) is 2.71. The van der Waals surface area contributed by atoms with Crippen LogP contribution in [0, 0.1) is 6.92 Å². The molecule has 2 rings (SSSR count). The van der Waals surface area contributed by atoms with Crippen molar-refractivity contribution < 1.29 is 14.3 Å². The molecule has 2 amide bonds. The van der Waals surface area contributed by atoms with E-state index in [0.29, 0.717) is 36.6 Å². The Morgan fingerprint density at radius 3 is 2.69 bits per heavy atom. The normalized spacial score (nSPS) is 11.6. The Morgan fingerprint density at radius 1 is 1.17 bits per heavy atom. The monoisotopic (exact) mass is 434 g/mol. The van der Waals surface area contributed by atoms with Crippen LogP contribution in [0.1, 0.15) is 28.8 Å². The van der Waals surface area contributed by atoms with Crippen LogP contribution >= 0.6 is 23.4 Å². The van der Waals surface area contributed by atoms with Crippen molar-refractivity contribution in [3.63, 3.8) is 0 Å². The van der Waals surface area contributed by atoms with Gasteiger partial charge in [0.15, 0.2) is 0 Å². The van der Waals surface area contributed by atoms with E-state index in [9.17, 15) is 9.59 Å². The molecule has 0 saturated heterocycles. The molecule has 29 heavy (non-hydrogen) atoms. The molecule has 0 heterocycles. The van der Waals surface area contributed by atoms with Gasteiger partial charge in [-0.1, -0.05) is 35.9 Å². The first-order chi connectivity index (χ1) is 14.0. The second-order valence-corrected chi connectivity index (χ2v) is 7.99. The van der Waals surface area contributed by atoms with Crippen LogP contribution in [0.15, 0.2) is 48.5 Å². The zero-order valence-corrected chi connectivity index (χ0v) is 18.3. The number of aryl methyl sites for hydroxylation is 1. The third-order valence-corrected chi connectivity index (χ3v) is 5.20. The molecule has 2 aromatic rings. The van der Waals surface area contributed by atoms with Crippen LogP contribution in [0.4, 0.5) is 0 Å². The van der Waals surface area contributed by atoms with Gasteiger partial charge in [-0.15, -0.1) is 0 Å². The average molecular weight is 435 g/mol. The molecule has 0 aliphatic rings. The third kappa shape index (κ3) is 7.99. The van der Waals surface area contributed by atoms with Crippen molar-refractivity contribution in [1.82, 2.24) is 10.6 Å². The highest BCUT2D eigenvalue weighted by Crippen LogP contribution is 2.15. The molecule has 0 spiro atoms. The maximum absolute atomic E-state index is 12.6. The second-order valence-electron chi connectivity index (χ2n) is 6.60. The lowest BCUT2D eigenvalue weighted by molar-refractivity contribution is -0.123. The fraction of sp³-hybridized carbons (Fsp3) is 0.364. The van der Waals surface area contributed by atoms with Gasteiger partial charge in [-0.3, -0.25) is 9.59 Å². The van der Waals surface area contributed by atoms with Crippen molar-refractivity contribution in [3.05, 3.63) is 64.7 Å². The Morgan fingerprint density at radius 2 is 1.97 bits per heavy atom. The zero-order valence-electron chi connectivity index (χ0n) is 16.7. The number of carbonyl (C=O) groups is 2. The van der Waals surface area contributed by atoms with Crippen LogP contribution in [0.25, 0.3) is 0 Å². The summed E-state index contributed by atoms with van der Waals surface area (Å²) in [5.41, 5.74) is 1.50. The molecule has 7 heteroatoms. The van der Waals surface area contributed by atoms with Gasteiger partial charge in [-0.25, -0.2) is 0 Å². The number of ether oxygens (including phenoxy) is 1. The number of thioether (sulfide) groups is 1. The second kappa shape index (κ2) is 12.4. The molecule has 156 valence electrons. The van der Waals surface area contributed by atoms with Gasteiger partial charge in [0.25, 0.3) is 5.91 Å². The van der Waals surface area contributed by atoms with Crippen molar-refractivity contribution in [2.24, 2.45) is 0 Å². The smallest absolute Gasteiger partial charge is 0.253 e. The van der Waals surface area contributed by atoms with Gasteiger partial charge in [-0.05, 0) is 61.6 Å². The highest BCUT2D eigenvalue weighted by molar-refractivity contribution is 7.98. The number of amides is 2. The first-order valence-corrected chi connectivity index (χ1v) is 11.3. The summed E-state index contributed by atoms with van der Waals surface area (Å²) in [4.78, 5) is 25.1. The Kier molecular flexibility index (Phi) is 9.88. The summed E-state index contributed by atoms with van der Waals surface area (Å²) in [7, 11) is 0. The van der Waals surface area contributed by atoms with Crippen molar-refractivity contribution in [2.75, 3.05) is 25.2 Å². The summed E-state index contributed by atoms with van der Waals surface area (Å²) in [6.45, 7) is 2.99. The van der Waals surface area contributed by atoms with Gasteiger partial charge >= 0.3 is 0 Å². The number of benzene rings is 2. The van der Waals surface area contributed by atoms with Crippen molar-refractivity contribution in [1.29, 1.82) is 0 Å². The minimum Gasteiger partial charge on any atom is -0.494 e.